The first-order valence-electron chi connectivity index (χ1n) is 4.99. The zero-order valence-electron chi connectivity index (χ0n) is 8.97. The zero-order valence-corrected chi connectivity index (χ0v) is 12.1. The van der Waals surface area contributed by atoms with Crippen LogP contribution in [0.1, 0.15) is 23.7 Å². The monoisotopic (exact) mass is 348 g/mol. The lowest BCUT2D eigenvalue weighted by Crippen LogP contribution is -2.29. The van der Waals surface area contributed by atoms with E-state index in [1.165, 1.54) is 0 Å². The summed E-state index contributed by atoms with van der Waals surface area (Å²) in [4.78, 5) is 11.8. The fourth-order valence-corrected chi connectivity index (χ4v) is 2.41. The van der Waals surface area contributed by atoms with Crippen molar-refractivity contribution in [2.24, 2.45) is 5.73 Å². The molecule has 1 aromatic rings. The van der Waals surface area contributed by atoms with Crippen molar-refractivity contribution in [3.63, 3.8) is 0 Å². The van der Waals surface area contributed by atoms with Crippen molar-refractivity contribution in [2.75, 3.05) is 6.54 Å². The molecule has 1 aromatic carbocycles. The second-order valence-corrected chi connectivity index (χ2v) is 5.42. The number of amides is 1. The molecule has 0 aliphatic heterocycles. The molecule has 0 radical (unpaired) electrons. The number of carbonyl (C=O) groups excluding carboxylic acids is 1. The minimum absolute atomic E-state index is 0.0833. The van der Waals surface area contributed by atoms with E-state index in [-0.39, 0.29) is 11.9 Å². The van der Waals surface area contributed by atoms with Gasteiger partial charge in [0.25, 0.3) is 5.91 Å². The number of benzene rings is 1. The smallest absolute Gasteiger partial charge is 0.252 e. The molecule has 1 unspecified atom stereocenters. The highest BCUT2D eigenvalue weighted by Gasteiger charge is 2.09. The Morgan fingerprint density at radius 3 is 2.75 bits per heavy atom. The lowest BCUT2D eigenvalue weighted by atomic mass is 10.2. The third kappa shape index (κ3) is 4.23. The Morgan fingerprint density at radius 1 is 1.50 bits per heavy atom. The molecule has 0 aliphatic rings. The van der Waals surface area contributed by atoms with Crippen LogP contribution in [0.2, 0.25) is 0 Å². The standard InChI is InChI=1S/C11H14Br2N2O/c1-7(14)4-5-15-11(16)9-3-2-8(12)6-10(9)13/h2-3,6-7H,4-5,14H2,1H3,(H,15,16). The molecule has 88 valence electrons. The van der Waals surface area contributed by atoms with Crippen LogP contribution in [0, 0.1) is 0 Å². The van der Waals surface area contributed by atoms with E-state index in [2.05, 4.69) is 37.2 Å². The van der Waals surface area contributed by atoms with Gasteiger partial charge in [0.15, 0.2) is 0 Å². The van der Waals surface area contributed by atoms with Gasteiger partial charge in [0.05, 0.1) is 5.56 Å². The minimum Gasteiger partial charge on any atom is -0.352 e. The Hall–Kier alpha value is -0.390. The molecule has 0 saturated carbocycles. The minimum atomic E-state index is -0.0833. The molecule has 0 bridgehead atoms. The topological polar surface area (TPSA) is 55.1 Å². The first-order chi connectivity index (χ1) is 7.50. The van der Waals surface area contributed by atoms with Crippen molar-refractivity contribution in [2.45, 2.75) is 19.4 Å². The highest BCUT2D eigenvalue weighted by atomic mass is 79.9. The molecule has 0 fully saturated rings. The van der Waals surface area contributed by atoms with Crippen molar-refractivity contribution < 1.29 is 4.79 Å². The van der Waals surface area contributed by atoms with Crippen LogP contribution in [0.4, 0.5) is 0 Å². The van der Waals surface area contributed by atoms with Gasteiger partial charge in [-0.25, -0.2) is 0 Å². The Labute approximate surface area is 112 Å². The lowest BCUT2D eigenvalue weighted by molar-refractivity contribution is 0.0952. The molecule has 3 nitrogen and oxygen atoms in total. The fraction of sp³-hybridized carbons (Fsp3) is 0.364. The van der Waals surface area contributed by atoms with Crippen LogP contribution < -0.4 is 11.1 Å². The van der Waals surface area contributed by atoms with Gasteiger partial charge in [0.2, 0.25) is 0 Å². The summed E-state index contributed by atoms with van der Waals surface area (Å²) in [5.41, 5.74) is 6.23. The highest BCUT2D eigenvalue weighted by molar-refractivity contribution is 9.11. The van der Waals surface area contributed by atoms with Gasteiger partial charge in [0, 0.05) is 21.5 Å². The summed E-state index contributed by atoms with van der Waals surface area (Å²) >= 11 is 6.69. The number of hydrogen-bond donors (Lipinski definition) is 2. The van der Waals surface area contributed by atoms with E-state index in [0.717, 1.165) is 15.4 Å². The average molecular weight is 350 g/mol. The SMILES string of the molecule is CC(N)CCNC(=O)c1ccc(Br)cc1Br. The molecule has 0 heterocycles. The van der Waals surface area contributed by atoms with Crippen LogP contribution in [0.3, 0.4) is 0 Å². The van der Waals surface area contributed by atoms with Gasteiger partial charge in [-0.05, 0) is 47.5 Å². The maximum atomic E-state index is 11.8. The van der Waals surface area contributed by atoms with E-state index in [0.29, 0.717) is 12.1 Å². The molecule has 1 atom stereocenters. The molecule has 0 spiro atoms. The Morgan fingerprint density at radius 2 is 2.19 bits per heavy atom. The van der Waals surface area contributed by atoms with Crippen LogP contribution in [0.5, 0.6) is 0 Å². The number of nitrogens with one attached hydrogen (secondary N) is 1. The number of carbonyl (C=O) groups is 1. The molecule has 0 saturated heterocycles. The number of halogens is 2. The van der Waals surface area contributed by atoms with Crippen LogP contribution in [0.15, 0.2) is 27.1 Å². The first-order valence-corrected chi connectivity index (χ1v) is 6.58. The van der Waals surface area contributed by atoms with Crippen molar-refractivity contribution >= 4 is 37.8 Å². The van der Waals surface area contributed by atoms with Crippen molar-refractivity contribution in [3.8, 4) is 0 Å². The van der Waals surface area contributed by atoms with Crippen molar-refractivity contribution in [3.05, 3.63) is 32.7 Å². The maximum absolute atomic E-state index is 11.8. The number of hydrogen-bond acceptors (Lipinski definition) is 2. The van der Waals surface area contributed by atoms with Crippen LogP contribution in [0.25, 0.3) is 0 Å². The fourth-order valence-electron chi connectivity index (χ4n) is 1.18. The van der Waals surface area contributed by atoms with E-state index >= 15 is 0 Å². The molecular weight excluding hydrogens is 336 g/mol. The average Bonchev–Trinajstić information content (AvgIpc) is 2.16. The Balaban J connectivity index is 2.59. The zero-order chi connectivity index (χ0) is 12.1. The van der Waals surface area contributed by atoms with E-state index in [9.17, 15) is 4.79 Å². The molecule has 16 heavy (non-hydrogen) atoms. The van der Waals surface area contributed by atoms with E-state index in [4.69, 9.17) is 5.73 Å². The second-order valence-electron chi connectivity index (χ2n) is 3.65. The van der Waals surface area contributed by atoms with Crippen LogP contribution >= 0.6 is 31.9 Å². The van der Waals surface area contributed by atoms with Crippen molar-refractivity contribution in [1.82, 2.24) is 5.32 Å². The summed E-state index contributed by atoms with van der Waals surface area (Å²) in [6, 6.07) is 5.56. The quantitative estimate of drug-likeness (QED) is 0.878. The van der Waals surface area contributed by atoms with E-state index < -0.39 is 0 Å². The predicted octanol–water partition coefficient (Wildman–Crippen LogP) is 2.68. The summed E-state index contributed by atoms with van der Waals surface area (Å²) < 4.78 is 1.71. The van der Waals surface area contributed by atoms with Gasteiger partial charge in [0.1, 0.15) is 0 Å². The normalized spacial score (nSPS) is 12.2. The summed E-state index contributed by atoms with van der Waals surface area (Å²) in [5, 5.41) is 2.83. The van der Waals surface area contributed by atoms with Crippen LogP contribution in [-0.4, -0.2) is 18.5 Å². The van der Waals surface area contributed by atoms with E-state index in [1.807, 2.05) is 19.1 Å². The molecule has 1 rings (SSSR count). The maximum Gasteiger partial charge on any atom is 0.252 e. The Kier molecular flexibility index (Phi) is 5.44. The third-order valence-electron chi connectivity index (χ3n) is 2.06. The van der Waals surface area contributed by atoms with Gasteiger partial charge in [-0.15, -0.1) is 0 Å². The molecule has 0 aromatic heterocycles. The summed E-state index contributed by atoms with van der Waals surface area (Å²) in [6.45, 7) is 2.51. The summed E-state index contributed by atoms with van der Waals surface area (Å²) in [7, 11) is 0. The van der Waals surface area contributed by atoms with Crippen LogP contribution in [-0.2, 0) is 0 Å². The predicted molar refractivity (Wildman–Crippen MR) is 72.4 cm³/mol. The van der Waals surface area contributed by atoms with Gasteiger partial charge in [-0.3, -0.25) is 4.79 Å². The first kappa shape index (κ1) is 13.7. The van der Waals surface area contributed by atoms with Gasteiger partial charge in [-0.2, -0.15) is 0 Å². The molecule has 1 amide bonds. The lowest BCUT2D eigenvalue weighted by Gasteiger charge is -2.08. The molecule has 5 heteroatoms. The third-order valence-corrected chi connectivity index (χ3v) is 3.21. The van der Waals surface area contributed by atoms with Crippen molar-refractivity contribution in [1.29, 1.82) is 0 Å². The summed E-state index contributed by atoms with van der Waals surface area (Å²) in [6.07, 6.45) is 0.778. The van der Waals surface area contributed by atoms with Gasteiger partial charge >= 0.3 is 0 Å². The Bertz CT molecular complexity index is 380. The van der Waals surface area contributed by atoms with E-state index in [1.54, 1.807) is 6.07 Å². The molecule has 3 N–H and O–H groups in total. The van der Waals surface area contributed by atoms with Gasteiger partial charge < -0.3 is 11.1 Å². The number of rotatable bonds is 4. The summed E-state index contributed by atoms with van der Waals surface area (Å²) in [5.74, 6) is -0.0833. The second kappa shape index (κ2) is 6.37. The number of nitrogens with two attached hydrogens (primary N) is 1. The highest BCUT2D eigenvalue weighted by Crippen LogP contribution is 2.21. The van der Waals surface area contributed by atoms with Gasteiger partial charge in [-0.1, -0.05) is 15.9 Å². The molecular formula is C11H14Br2N2O. The largest absolute Gasteiger partial charge is 0.352 e. The molecule has 0 aliphatic carbocycles.